The summed E-state index contributed by atoms with van der Waals surface area (Å²) >= 11 is 0. The van der Waals surface area contributed by atoms with E-state index in [2.05, 4.69) is 26.0 Å². The Morgan fingerprint density at radius 1 is 1.25 bits per heavy atom. The average molecular weight is 217 g/mol. The van der Waals surface area contributed by atoms with Crippen molar-refractivity contribution in [3.8, 4) is 0 Å². The quantitative estimate of drug-likeness (QED) is 0.825. The number of amides is 1. The Kier molecular flexibility index (Phi) is 3.00. The molecule has 0 aliphatic carbocycles. The topological polar surface area (TPSA) is 78.5 Å². The van der Waals surface area contributed by atoms with Gasteiger partial charge in [0.2, 0.25) is 12.1 Å². The SMILES string of the molecule is CC(=O)NC(c1ccccc1)C1N=NN=N1. The van der Waals surface area contributed by atoms with Crippen LogP contribution in [0.3, 0.4) is 0 Å². The first-order valence-corrected chi connectivity index (χ1v) is 4.89. The monoisotopic (exact) mass is 217 g/mol. The summed E-state index contributed by atoms with van der Waals surface area (Å²) in [6.45, 7) is 1.46. The largest absolute Gasteiger partial charge is 0.345 e. The van der Waals surface area contributed by atoms with Gasteiger partial charge in [-0.1, -0.05) is 30.3 Å². The van der Waals surface area contributed by atoms with Crippen molar-refractivity contribution in [3.05, 3.63) is 35.9 Å². The van der Waals surface area contributed by atoms with Gasteiger partial charge in [-0.05, 0) is 16.0 Å². The van der Waals surface area contributed by atoms with Crippen LogP contribution in [0.1, 0.15) is 18.5 Å². The molecule has 1 atom stereocenters. The second kappa shape index (κ2) is 4.61. The lowest BCUT2D eigenvalue weighted by atomic mass is 10.0. The molecule has 1 aromatic rings. The Labute approximate surface area is 92.5 Å². The van der Waals surface area contributed by atoms with E-state index in [0.717, 1.165) is 5.56 Å². The van der Waals surface area contributed by atoms with E-state index < -0.39 is 6.17 Å². The van der Waals surface area contributed by atoms with Crippen LogP contribution in [0.5, 0.6) is 0 Å². The third-order valence-corrected chi connectivity index (χ3v) is 2.20. The van der Waals surface area contributed by atoms with E-state index >= 15 is 0 Å². The predicted molar refractivity (Wildman–Crippen MR) is 56.5 cm³/mol. The van der Waals surface area contributed by atoms with Crippen molar-refractivity contribution < 1.29 is 4.79 Å². The van der Waals surface area contributed by atoms with Crippen molar-refractivity contribution in [2.24, 2.45) is 20.7 Å². The van der Waals surface area contributed by atoms with Gasteiger partial charge < -0.3 is 5.32 Å². The molecule has 0 aromatic heterocycles. The maximum absolute atomic E-state index is 11.1. The zero-order chi connectivity index (χ0) is 11.4. The zero-order valence-corrected chi connectivity index (χ0v) is 8.74. The average Bonchev–Trinajstić information content (AvgIpc) is 2.80. The smallest absolute Gasteiger partial charge is 0.217 e. The molecule has 0 spiro atoms. The predicted octanol–water partition coefficient (Wildman–Crippen LogP) is 2.02. The van der Waals surface area contributed by atoms with Crippen LogP contribution in [0.15, 0.2) is 51.0 Å². The first-order chi connectivity index (χ1) is 7.77. The van der Waals surface area contributed by atoms with Crippen LogP contribution < -0.4 is 5.32 Å². The second-order valence-electron chi connectivity index (χ2n) is 3.41. The van der Waals surface area contributed by atoms with Gasteiger partial charge in [0.1, 0.15) is 6.04 Å². The minimum absolute atomic E-state index is 0.133. The molecule has 1 heterocycles. The molecule has 1 amide bonds. The Bertz CT molecular complexity index is 416. The second-order valence-corrected chi connectivity index (χ2v) is 3.41. The van der Waals surface area contributed by atoms with Crippen molar-refractivity contribution in [1.82, 2.24) is 5.32 Å². The van der Waals surface area contributed by atoms with Crippen molar-refractivity contribution in [2.75, 3.05) is 0 Å². The van der Waals surface area contributed by atoms with Crippen molar-refractivity contribution in [3.63, 3.8) is 0 Å². The highest BCUT2D eigenvalue weighted by atomic mass is 16.1. The normalized spacial score (nSPS) is 16.3. The van der Waals surface area contributed by atoms with E-state index in [9.17, 15) is 4.79 Å². The van der Waals surface area contributed by atoms with Crippen molar-refractivity contribution >= 4 is 5.91 Å². The highest BCUT2D eigenvalue weighted by molar-refractivity contribution is 5.73. The van der Waals surface area contributed by atoms with Gasteiger partial charge in [0, 0.05) is 6.92 Å². The van der Waals surface area contributed by atoms with E-state index in [1.165, 1.54) is 6.92 Å². The number of hydrogen-bond acceptors (Lipinski definition) is 5. The molecule has 0 radical (unpaired) electrons. The van der Waals surface area contributed by atoms with Crippen molar-refractivity contribution in [1.29, 1.82) is 0 Å². The fourth-order valence-corrected chi connectivity index (χ4v) is 1.52. The molecule has 6 heteroatoms. The molecule has 16 heavy (non-hydrogen) atoms. The van der Waals surface area contributed by atoms with Crippen LogP contribution in [0.2, 0.25) is 0 Å². The number of benzene rings is 1. The molecule has 1 unspecified atom stereocenters. The molecule has 0 saturated heterocycles. The molecule has 0 bridgehead atoms. The van der Waals surface area contributed by atoms with E-state index in [0.29, 0.717) is 0 Å². The minimum Gasteiger partial charge on any atom is -0.345 e. The molecule has 82 valence electrons. The fraction of sp³-hybridized carbons (Fsp3) is 0.300. The van der Waals surface area contributed by atoms with E-state index in [4.69, 9.17) is 0 Å². The minimum atomic E-state index is -0.466. The van der Waals surface area contributed by atoms with Crippen LogP contribution in [-0.2, 0) is 4.79 Å². The van der Waals surface area contributed by atoms with Crippen LogP contribution in [-0.4, -0.2) is 12.1 Å². The molecule has 6 nitrogen and oxygen atoms in total. The molecule has 1 N–H and O–H groups in total. The molecule has 1 aromatic carbocycles. The first kappa shape index (κ1) is 10.4. The van der Waals surface area contributed by atoms with Gasteiger partial charge in [-0.2, -0.15) is 0 Å². The summed E-state index contributed by atoms with van der Waals surface area (Å²) in [7, 11) is 0. The van der Waals surface area contributed by atoms with Crippen LogP contribution in [0.25, 0.3) is 0 Å². The van der Waals surface area contributed by atoms with Gasteiger partial charge in [-0.3, -0.25) is 4.79 Å². The summed E-state index contributed by atoms with van der Waals surface area (Å²) in [5, 5.41) is 17.4. The molecule has 1 aliphatic rings. The summed E-state index contributed by atoms with van der Waals surface area (Å²) in [5.41, 5.74) is 0.933. The van der Waals surface area contributed by atoms with E-state index in [1.54, 1.807) is 0 Å². The van der Waals surface area contributed by atoms with Gasteiger partial charge in [0.25, 0.3) is 0 Å². The maximum Gasteiger partial charge on any atom is 0.217 e. The Morgan fingerprint density at radius 2 is 1.88 bits per heavy atom. The van der Waals surface area contributed by atoms with Gasteiger partial charge in [0.05, 0.1) is 0 Å². The molecular weight excluding hydrogens is 206 g/mol. The summed E-state index contributed by atoms with van der Waals surface area (Å²) in [4.78, 5) is 11.1. The number of nitrogens with one attached hydrogen (secondary N) is 1. The highest BCUT2D eigenvalue weighted by Gasteiger charge is 2.25. The Morgan fingerprint density at radius 3 is 2.44 bits per heavy atom. The first-order valence-electron chi connectivity index (χ1n) is 4.89. The third-order valence-electron chi connectivity index (χ3n) is 2.20. The lowest BCUT2D eigenvalue weighted by molar-refractivity contribution is -0.119. The third kappa shape index (κ3) is 2.28. The Hall–Kier alpha value is -2.11. The molecule has 0 saturated carbocycles. The molecule has 0 fully saturated rings. The number of nitrogens with zero attached hydrogens (tertiary/aromatic N) is 4. The van der Waals surface area contributed by atoms with E-state index in [-0.39, 0.29) is 11.9 Å². The van der Waals surface area contributed by atoms with Crippen molar-refractivity contribution in [2.45, 2.75) is 19.1 Å². The molecular formula is C10H11N5O. The number of carbonyl (C=O) groups excluding carboxylic acids is 1. The maximum atomic E-state index is 11.1. The standard InChI is InChI=1S/C10H11N5O/c1-7(16)11-9(10-12-14-15-13-10)8-5-3-2-4-6-8/h2-6,9-10H,1H3,(H,11,16). The van der Waals surface area contributed by atoms with Gasteiger partial charge in [0.15, 0.2) is 0 Å². The summed E-state index contributed by atoms with van der Waals surface area (Å²) in [5.74, 6) is -0.133. The van der Waals surface area contributed by atoms with Crippen LogP contribution >= 0.6 is 0 Å². The lowest BCUT2D eigenvalue weighted by Crippen LogP contribution is -2.32. The van der Waals surface area contributed by atoms with Crippen LogP contribution in [0.4, 0.5) is 0 Å². The highest BCUT2D eigenvalue weighted by Crippen LogP contribution is 2.23. The van der Waals surface area contributed by atoms with Gasteiger partial charge in [-0.15, -0.1) is 10.2 Å². The summed E-state index contributed by atoms with van der Waals surface area (Å²) in [6, 6.07) is 9.20. The lowest BCUT2D eigenvalue weighted by Gasteiger charge is -2.18. The number of carbonyl (C=O) groups is 1. The summed E-state index contributed by atoms with van der Waals surface area (Å²) in [6.07, 6.45) is -0.466. The molecule has 2 rings (SSSR count). The zero-order valence-electron chi connectivity index (χ0n) is 8.74. The van der Waals surface area contributed by atoms with Crippen LogP contribution in [0, 0.1) is 0 Å². The Balaban J connectivity index is 2.24. The van der Waals surface area contributed by atoms with Gasteiger partial charge in [-0.25, -0.2) is 0 Å². The number of rotatable bonds is 3. The van der Waals surface area contributed by atoms with Gasteiger partial charge >= 0.3 is 0 Å². The molecule has 1 aliphatic heterocycles. The van der Waals surface area contributed by atoms with E-state index in [1.807, 2.05) is 30.3 Å². The fourth-order valence-electron chi connectivity index (χ4n) is 1.52. The summed E-state index contributed by atoms with van der Waals surface area (Å²) < 4.78 is 0. The number of hydrogen-bond donors (Lipinski definition) is 1.